The Morgan fingerprint density at radius 2 is 2.14 bits per heavy atom. The predicted octanol–water partition coefficient (Wildman–Crippen LogP) is 2.47. The first kappa shape index (κ1) is 13.6. The molecule has 0 heterocycles. The molecule has 14 heavy (non-hydrogen) atoms. The summed E-state index contributed by atoms with van der Waals surface area (Å²) in [7, 11) is 0. The highest BCUT2D eigenvalue weighted by Crippen LogP contribution is 2.39. The number of terminal acetylenes is 1. The van der Waals surface area contributed by atoms with Crippen molar-refractivity contribution in [2.75, 3.05) is 0 Å². The molecule has 0 radical (unpaired) electrons. The van der Waals surface area contributed by atoms with Crippen molar-refractivity contribution in [3.05, 3.63) is 0 Å². The van der Waals surface area contributed by atoms with Crippen LogP contribution in [0.2, 0.25) is 0 Å². The molecule has 3 nitrogen and oxygen atoms in total. The molecule has 0 rings (SSSR count). The maximum absolute atomic E-state index is 10.8. The van der Waals surface area contributed by atoms with E-state index >= 15 is 0 Å². The lowest BCUT2D eigenvalue weighted by atomic mass is 9.85. The molecular weight excluding hydrogens is 293 g/mol. The minimum atomic E-state index is -0.779. The van der Waals surface area contributed by atoms with Crippen LogP contribution in [0.15, 0.2) is 0 Å². The van der Waals surface area contributed by atoms with E-state index in [-0.39, 0.29) is 3.42 Å². The number of alkyl halides is 1. The van der Waals surface area contributed by atoms with Gasteiger partial charge in [0, 0.05) is 6.42 Å². The Morgan fingerprint density at radius 1 is 1.64 bits per heavy atom. The second kappa shape index (κ2) is 4.87. The van der Waals surface area contributed by atoms with Crippen LogP contribution in [-0.2, 0) is 4.74 Å². The number of amides is 1. The van der Waals surface area contributed by atoms with E-state index in [0.717, 1.165) is 6.42 Å². The third kappa shape index (κ3) is 3.05. The van der Waals surface area contributed by atoms with Gasteiger partial charge >= 0.3 is 6.09 Å². The Morgan fingerprint density at radius 3 is 2.43 bits per heavy atom. The van der Waals surface area contributed by atoms with Gasteiger partial charge in [0.25, 0.3) is 0 Å². The van der Waals surface area contributed by atoms with Gasteiger partial charge in [-0.3, -0.25) is 0 Å². The fraction of sp³-hybridized carbons (Fsp3) is 0.700. The zero-order valence-corrected chi connectivity index (χ0v) is 10.9. The Hall–Kier alpha value is -0.440. The summed E-state index contributed by atoms with van der Waals surface area (Å²) in [5.74, 6) is 2.52. The summed E-state index contributed by atoms with van der Waals surface area (Å²) >= 11 is 2.25. The predicted molar refractivity (Wildman–Crippen MR) is 65.2 cm³/mol. The van der Waals surface area contributed by atoms with Gasteiger partial charge in [0.1, 0.15) is 5.60 Å². The number of carbonyl (C=O) groups excluding carboxylic acids is 1. The van der Waals surface area contributed by atoms with E-state index in [1.807, 2.05) is 20.8 Å². The van der Waals surface area contributed by atoms with Crippen molar-refractivity contribution in [3.8, 4) is 12.3 Å². The van der Waals surface area contributed by atoms with Crippen molar-refractivity contribution in [1.29, 1.82) is 0 Å². The lowest BCUT2D eigenvalue weighted by Gasteiger charge is -2.39. The highest BCUT2D eigenvalue weighted by atomic mass is 127. The number of carbonyl (C=O) groups is 1. The zero-order valence-electron chi connectivity index (χ0n) is 8.76. The number of rotatable bonds is 4. The van der Waals surface area contributed by atoms with Gasteiger partial charge in [-0.25, -0.2) is 4.79 Å². The van der Waals surface area contributed by atoms with Crippen LogP contribution >= 0.6 is 22.6 Å². The molecule has 0 aromatic rings. The van der Waals surface area contributed by atoms with Crippen molar-refractivity contribution in [3.63, 3.8) is 0 Å². The van der Waals surface area contributed by atoms with Gasteiger partial charge < -0.3 is 10.5 Å². The summed E-state index contributed by atoms with van der Waals surface area (Å²) in [6.45, 7) is 5.83. The van der Waals surface area contributed by atoms with Gasteiger partial charge in [0.2, 0.25) is 0 Å². The molecular formula is C10H16INO2. The average molecular weight is 309 g/mol. The molecule has 0 aliphatic rings. The summed E-state index contributed by atoms with van der Waals surface area (Å²) in [6.07, 6.45) is 5.69. The van der Waals surface area contributed by atoms with E-state index in [9.17, 15) is 4.79 Å². The van der Waals surface area contributed by atoms with Crippen LogP contribution in [0, 0.1) is 12.3 Å². The Balaban J connectivity index is 4.90. The Bertz CT molecular complexity index is 257. The molecule has 0 aromatic carbocycles. The number of hydrogen-bond acceptors (Lipinski definition) is 2. The highest BCUT2D eigenvalue weighted by Gasteiger charge is 2.44. The van der Waals surface area contributed by atoms with Gasteiger partial charge in [0.15, 0.2) is 0 Å². The van der Waals surface area contributed by atoms with Crippen LogP contribution in [0.5, 0.6) is 0 Å². The molecule has 0 spiro atoms. The summed E-state index contributed by atoms with van der Waals surface area (Å²) in [6, 6.07) is 0. The standard InChI is InChI=1S/C10H16INO2/c1-5-7-10(4,14-8(12)13)9(3,11)6-2/h1H,6-7H2,2-4H3,(H2,12,13). The third-order valence-electron chi connectivity index (χ3n) is 2.53. The minimum absolute atomic E-state index is 0.216. The summed E-state index contributed by atoms with van der Waals surface area (Å²) in [5.41, 5.74) is 4.32. The van der Waals surface area contributed by atoms with E-state index in [0.29, 0.717) is 6.42 Å². The van der Waals surface area contributed by atoms with Gasteiger partial charge in [-0.1, -0.05) is 29.5 Å². The van der Waals surface area contributed by atoms with Gasteiger partial charge in [-0.15, -0.1) is 12.3 Å². The third-order valence-corrected chi connectivity index (χ3v) is 4.44. The monoisotopic (exact) mass is 309 g/mol. The number of nitrogens with two attached hydrogens (primary N) is 1. The van der Waals surface area contributed by atoms with E-state index in [1.165, 1.54) is 0 Å². The second-order valence-electron chi connectivity index (χ2n) is 3.58. The van der Waals surface area contributed by atoms with Crippen LogP contribution in [0.3, 0.4) is 0 Å². The first-order valence-electron chi connectivity index (χ1n) is 4.40. The summed E-state index contributed by atoms with van der Waals surface area (Å²) in [4.78, 5) is 10.8. The first-order chi connectivity index (χ1) is 6.29. The molecule has 4 heteroatoms. The van der Waals surface area contributed by atoms with Crippen molar-refractivity contribution >= 4 is 28.7 Å². The molecule has 0 saturated carbocycles. The fourth-order valence-corrected chi connectivity index (χ4v) is 1.42. The van der Waals surface area contributed by atoms with Crippen molar-refractivity contribution < 1.29 is 9.53 Å². The van der Waals surface area contributed by atoms with Gasteiger partial charge in [0.05, 0.1) is 3.42 Å². The quantitative estimate of drug-likeness (QED) is 0.493. The Kier molecular flexibility index (Phi) is 4.72. The molecule has 0 fully saturated rings. The lowest BCUT2D eigenvalue weighted by Crippen LogP contribution is -2.49. The molecule has 0 aromatic heterocycles. The summed E-state index contributed by atoms with van der Waals surface area (Å²) < 4.78 is 4.91. The van der Waals surface area contributed by atoms with Crippen LogP contribution in [0.4, 0.5) is 4.79 Å². The normalized spacial score (nSPS) is 18.8. The van der Waals surface area contributed by atoms with Gasteiger partial charge in [-0.05, 0) is 20.3 Å². The highest BCUT2D eigenvalue weighted by molar-refractivity contribution is 14.1. The summed E-state index contributed by atoms with van der Waals surface area (Å²) in [5, 5.41) is 0. The number of ether oxygens (including phenoxy) is 1. The minimum Gasteiger partial charge on any atom is -0.441 e. The van der Waals surface area contributed by atoms with E-state index in [4.69, 9.17) is 16.9 Å². The van der Waals surface area contributed by atoms with E-state index in [1.54, 1.807) is 0 Å². The fourth-order valence-electron chi connectivity index (χ4n) is 1.12. The second-order valence-corrected chi connectivity index (χ2v) is 5.96. The van der Waals surface area contributed by atoms with Gasteiger partial charge in [-0.2, -0.15) is 0 Å². The van der Waals surface area contributed by atoms with E-state index < -0.39 is 11.7 Å². The molecule has 0 bridgehead atoms. The maximum atomic E-state index is 10.8. The van der Waals surface area contributed by atoms with Crippen molar-refractivity contribution in [2.45, 2.75) is 42.6 Å². The maximum Gasteiger partial charge on any atom is 0.405 e. The first-order valence-corrected chi connectivity index (χ1v) is 5.48. The number of halogens is 1. The smallest absolute Gasteiger partial charge is 0.405 e. The van der Waals surface area contributed by atoms with Crippen molar-refractivity contribution in [1.82, 2.24) is 0 Å². The molecule has 1 amide bonds. The largest absolute Gasteiger partial charge is 0.441 e. The SMILES string of the molecule is C#CCC(C)(OC(N)=O)C(C)(I)CC. The van der Waals surface area contributed by atoms with Crippen LogP contribution < -0.4 is 5.73 Å². The molecule has 2 N–H and O–H groups in total. The molecule has 0 aliphatic heterocycles. The average Bonchev–Trinajstić information content (AvgIpc) is 2.03. The van der Waals surface area contributed by atoms with Crippen LogP contribution in [-0.4, -0.2) is 15.1 Å². The molecule has 2 unspecified atom stereocenters. The van der Waals surface area contributed by atoms with Crippen LogP contribution in [0.1, 0.15) is 33.6 Å². The molecule has 0 saturated heterocycles. The molecule has 0 aliphatic carbocycles. The van der Waals surface area contributed by atoms with Crippen LogP contribution in [0.25, 0.3) is 0 Å². The lowest BCUT2D eigenvalue weighted by molar-refractivity contribution is 0.0117. The zero-order chi connectivity index (χ0) is 11.4. The molecule has 80 valence electrons. The number of primary amides is 1. The van der Waals surface area contributed by atoms with Crippen molar-refractivity contribution in [2.24, 2.45) is 5.73 Å². The number of hydrogen-bond donors (Lipinski definition) is 1. The topological polar surface area (TPSA) is 52.3 Å². The molecule has 2 atom stereocenters. The van der Waals surface area contributed by atoms with E-state index in [2.05, 4.69) is 28.5 Å². The Labute approximate surface area is 98.9 Å².